The van der Waals surface area contributed by atoms with Crippen LogP contribution in [0.2, 0.25) is 0 Å². The molecule has 0 aliphatic rings. The maximum atomic E-state index is 12.5. The van der Waals surface area contributed by atoms with Crippen molar-refractivity contribution in [3.05, 3.63) is 63.0 Å². The Balaban J connectivity index is 1.65. The molecular weight excluding hydrogens is 338 g/mol. The van der Waals surface area contributed by atoms with Gasteiger partial charge in [0.25, 0.3) is 0 Å². The molecule has 7 nitrogen and oxygen atoms in total. The average molecular weight is 353 g/mol. The first-order valence-electron chi connectivity index (χ1n) is 7.76. The molecule has 0 unspecified atom stereocenters. The number of rotatable bonds is 4. The van der Waals surface area contributed by atoms with Crippen LogP contribution in [0.3, 0.4) is 0 Å². The number of fused-ring (bicyclic) bond motifs is 3. The Morgan fingerprint density at radius 1 is 1.28 bits per heavy atom. The van der Waals surface area contributed by atoms with Crippen molar-refractivity contribution >= 4 is 33.8 Å². The smallest absolute Gasteiger partial charge is 0.350 e. The molecule has 126 valence electrons. The van der Waals surface area contributed by atoms with Crippen LogP contribution >= 0.6 is 11.3 Å². The number of aromatic nitrogens is 4. The van der Waals surface area contributed by atoms with Gasteiger partial charge in [-0.3, -0.25) is 4.79 Å². The van der Waals surface area contributed by atoms with Gasteiger partial charge in [0.05, 0.1) is 12.1 Å². The fourth-order valence-electron chi connectivity index (χ4n) is 2.73. The quantitative estimate of drug-likeness (QED) is 0.606. The zero-order valence-corrected chi connectivity index (χ0v) is 14.3. The average Bonchev–Trinajstić information content (AvgIpc) is 3.23. The molecule has 4 aromatic rings. The van der Waals surface area contributed by atoms with Crippen LogP contribution in [0.25, 0.3) is 16.6 Å². The number of benzene rings is 1. The third-order valence-corrected chi connectivity index (χ3v) is 4.86. The summed E-state index contributed by atoms with van der Waals surface area (Å²) in [5, 5.41) is 9.88. The van der Waals surface area contributed by atoms with Gasteiger partial charge in [-0.2, -0.15) is 0 Å². The van der Waals surface area contributed by atoms with Crippen LogP contribution in [0, 0.1) is 6.92 Å². The SMILES string of the molecule is Cc1cccc2c1ncn1c(=O)n(CC(=O)NCc3cccs3)nc21. The first kappa shape index (κ1) is 15.5. The van der Waals surface area contributed by atoms with Gasteiger partial charge in [-0.15, -0.1) is 16.4 Å². The van der Waals surface area contributed by atoms with Gasteiger partial charge in [-0.1, -0.05) is 18.2 Å². The number of carbonyl (C=O) groups excluding carboxylic acids is 1. The third-order valence-electron chi connectivity index (χ3n) is 3.98. The number of para-hydroxylation sites is 1. The van der Waals surface area contributed by atoms with Crippen molar-refractivity contribution < 1.29 is 4.79 Å². The molecule has 0 aliphatic carbocycles. The second-order valence-electron chi connectivity index (χ2n) is 5.71. The van der Waals surface area contributed by atoms with Gasteiger partial charge in [-0.25, -0.2) is 18.9 Å². The van der Waals surface area contributed by atoms with Crippen LogP contribution in [0.1, 0.15) is 10.4 Å². The topological polar surface area (TPSA) is 81.3 Å². The number of thiophene rings is 1. The molecule has 0 saturated carbocycles. The van der Waals surface area contributed by atoms with E-state index in [1.165, 1.54) is 15.4 Å². The van der Waals surface area contributed by atoms with E-state index in [0.717, 1.165) is 21.3 Å². The van der Waals surface area contributed by atoms with Crippen LogP contribution in [-0.4, -0.2) is 25.1 Å². The summed E-state index contributed by atoms with van der Waals surface area (Å²) in [6.07, 6.45) is 1.46. The second kappa shape index (κ2) is 6.14. The van der Waals surface area contributed by atoms with Crippen molar-refractivity contribution in [3.63, 3.8) is 0 Å². The highest BCUT2D eigenvalue weighted by molar-refractivity contribution is 7.09. The number of hydrogen-bond acceptors (Lipinski definition) is 5. The number of amides is 1. The lowest BCUT2D eigenvalue weighted by Gasteiger charge is -2.02. The summed E-state index contributed by atoms with van der Waals surface area (Å²) in [6, 6.07) is 9.61. The van der Waals surface area contributed by atoms with E-state index in [2.05, 4.69) is 15.4 Å². The molecule has 0 saturated heterocycles. The lowest BCUT2D eigenvalue weighted by Crippen LogP contribution is -2.32. The van der Waals surface area contributed by atoms with Gasteiger partial charge >= 0.3 is 5.69 Å². The van der Waals surface area contributed by atoms with E-state index in [1.807, 2.05) is 42.6 Å². The second-order valence-corrected chi connectivity index (χ2v) is 6.74. The van der Waals surface area contributed by atoms with Crippen molar-refractivity contribution in [2.24, 2.45) is 0 Å². The number of carbonyl (C=O) groups is 1. The molecule has 4 rings (SSSR count). The van der Waals surface area contributed by atoms with Crippen LogP contribution in [0.4, 0.5) is 0 Å². The lowest BCUT2D eigenvalue weighted by molar-refractivity contribution is -0.122. The molecule has 0 fully saturated rings. The van der Waals surface area contributed by atoms with Crippen molar-refractivity contribution in [2.45, 2.75) is 20.0 Å². The predicted molar refractivity (Wildman–Crippen MR) is 95.7 cm³/mol. The molecule has 0 atom stereocenters. The first-order valence-corrected chi connectivity index (χ1v) is 8.64. The normalized spacial score (nSPS) is 11.2. The van der Waals surface area contributed by atoms with E-state index in [9.17, 15) is 9.59 Å². The van der Waals surface area contributed by atoms with Crippen LogP contribution in [0.15, 0.2) is 46.8 Å². The minimum Gasteiger partial charge on any atom is -0.350 e. The summed E-state index contributed by atoms with van der Waals surface area (Å²) in [5.41, 5.74) is 1.94. The number of nitrogens with one attached hydrogen (secondary N) is 1. The van der Waals surface area contributed by atoms with Crippen molar-refractivity contribution in [2.75, 3.05) is 0 Å². The van der Waals surface area contributed by atoms with Gasteiger partial charge in [0.1, 0.15) is 12.9 Å². The summed E-state index contributed by atoms with van der Waals surface area (Å²) in [5.74, 6) is -0.257. The van der Waals surface area contributed by atoms with Gasteiger partial charge in [-0.05, 0) is 30.0 Å². The first-order chi connectivity index (χ1) is 12.1. The molecule has 3 aromatic heterocycles. The van der Waals surface area contributed by atoms with Crippen LogP contribution < -0.4 is 11.0 Å². The van der Waals surface area contributed by atoms with Crippen molar-refractivity contribution in [1.29, 1.82) is 0 Å². The summed E-state index contributed by atoms with van der Waals surface area (Å²) in [4.78, 5) is 30.0. The molecule has 0 aliphatic heterocycles. The number of aryl methyl sites for hydroxylation is 1. The monoisotopic (exact) mass is 353 g/mol. The Morgan fingerprint density at radius 2 is 2.16 bits per heavy atom. The highest BCUT2D eigenvalue weighted by Crippen LogP contribution is 2.18. The third kappa shape index (κ3) is 2.80. The molecule has 25 heavy (non-hydrogen) atoms. The highest BCUT2D eigenvalue weighted by atomic mass is 32.1. The largest absolute Gasteiger partial charge is 0.352 e. The summed E-state index contributed by atoms with van der Waals surface area (Å²) in [6.45, 7) is 2.28. The molecule has 0 spiro atoms. The molecule has 0 bridgehead atoms. The predicted octanol–water partition coefficient (Wildman–Crippen LogP) is 1.73. The van der Waals surface area contributed by atoms with Gasteiger partial charge < -0.3 is 5.32 Å². The molecule has 1 N–H and O–H groups in total. The summed E-state index contributed by atoms with van der Waals surface area (Å²) >= 11 is 1.57. The fraction of sp³-hybridized carbons (Fsp3) is 0.176. The summed E-state index contributed by atoms with van der Waals surface area (Å²) in [7, 11) is 0. The Bertz CT molecular complexity index is 1130. The Hall–Kier alpha value is -3.00. The molecular formula is C17H15N5O2S. The van der Waals surface area contributed by atoms with E-state index in [-0.39, 0.29) is 18.1 Å². The maximum Gasteiger partial charge on any atom is 0.352 e. The van der Waals surface area contributed by atoms with Crippen LogP contribution in [0.5, 0.6) is 0 Å². The number of nitrogens with zero attached hydrogens (tertiary/aromatic N) is 4. The molecule has 0 radical (unpaired) electrons. The molecule has 1 amide bonds. The van der Waals surface area contributed by atoms with Gasteiger partial charge in [0.15, 0.2) is 5.65 Å². The zero-order valence-electron chi connectivity index (χ0n) is 13.5. The fourth-order valence-corrected chi connectivity index (χ4v) is 3.37. The lowest BCUT2D eigenvalue weighted by atomic mass is 10.1. The Labute approximate surface area is 146 Å². The highest BCUT2D eigenvalue weighted by Gasteiger charge is 2.14. The number of hydrogen-bond donors (Lipinski definition) is 1. The van der Waals surface area contributed by atoms with Gasteiger partial charge in [0, 0.05) is 10.3 Å². The van der Waals surface area contributed by atoms with E-state index in [0.29, 0.717) is 12.2 Å². The minimum atomic E-state index is -0.378. The van der Waals surface area contributed by atoms with E-state index >= 15 is 0 Å². The van der Waals surface area contributed by atoms with E-state index in [1.54, 1.807) is 11.3 Å². The standard InChI is InChI=1S/C17H15N5O2S/c1-11-4-2-6-13-15(11)19-10-21-16(13)20-22(17(21)24)9-14(23)18-8-12-5-3-7-25-12/h2-7,10H,8-9H2,1H3,(H,18,23). The van der Waals surface area contributed by atoms with Crippen molar-refractivity contribution in [1.82, 2.24) is 24.5 Å². The van der Waals surface area contributed by atoms with Crippen LogP contribution in [-0.2, 0) is 17.9 Å². The Morgan fingerprint density at radius 3 is 2.96 bits per heavy atom. The van der Waals surface area contributed by atoms with Crippen molar-refractivity contribution in [3.8, 4) is 0 Å². The van der Waals surface area contributed by atoms with E-state index < -0.39 is 0 Å². The molecule has 8 heteroatoms. The summed E-state index contributed by atoms with van der Waals surface area (Å²) < 4.78 is 2.54. The Kier molecular flexibility index (Phi) is 3.81. The zero-order chi connectivity index (χ0) is 17.4. The molecule has 1 aromatic carbocycles. The maximum absolute atomic E-state index is 12.5. The minimum absolute atomic E-state index is 0.126. The molecule has 3 heterocycles. The van der Waals surface area contributed by atoms with E-state index in [4.69, 9.17) is 0 Å². The van der Waals surface area contributed by atoms with Gasteiger partial charge in [0.2, 0.25) is 5.91 Å².